The fourth-order valence-corrected chi connectivity index (χ4v) is 1.47. The average molecular weight is 225 g/mol. The number of aromatic nitrogens is 1. The van der Waals surface area contributed by atoms with E-state index < -0.39 is 0 Å². The van der Waals surface area contributed by atoms with E-state index in [0.29, 0.717) is 5.88 Å². The molecule has 0 saturated heterocycles. The first kappa shape index (κ1) is 12.2. The van der Waals surface area contributed by atoms with Gasteiger partial charge < -0.3 is 0 Å². The largest absolute Gasteiger partial charge is 0.297 e. The van der Waals surface area contributed by atoms with Crippen LogP contribution in [0.4, 0.5) is 0 Å². The molecule has 0 spiro atoms. The molecule has 0 fully saturated rings. The molecule has 0 bridgehead atoms. The lowest BCUT2D eigenvalue weighted by molar-refractivity contribution is 0.358. The second kappa shape index (κ2) is 6.59. The molecule has 15 heavy (non-hydrogen) atoms. The van der Waals surface area contributed by atoms with Gasteiger partial charge in [0, 0.05) is 24.7 Å². The van der Waals surface area contributed by atoms with Crippen molar-refractivity contribution in [1.29, 1.82) is 0 Å². The fourth-order valence-electron chi connectivity index (χ4n) is 1.35. The third-order valence-corrected chi connectivity index (χ3v) is 2.23. The highest BCUT2D eigenvalue weighted by Crippen LogP contribution is 2.01. The van der Waals surface area contributed by atoms with Crippen LogP contribution in [0.1, 0.15) is 11.4 Å². The van der Waals surface area contributed by atoms with Crippen molar-refractivity contribution in [2.45, 2.75) is 13.5 Å². The van der Waals surface area contributed by atoms with Crippen molar-refractivity contribution in [1.82, 2.24) is 9.88 Å². The van der Waals surface area contributed by atoms with Crippen LogP contribution in [-0.2, 0) is 6.54 Å². The van der Waals surface area contributed by atoms with E-state index in [4.69, 9.17) is 11.6 Å². The molecular formula is C12H17ClN2. The van der Waals surface area contributed by atoms with Gasteiger partial charge in [-0.05, 0) is 26.1 Å². The third-order valence-electron chi connectivity index (χ3n) is 2.05. The summed E-state index contributed by atoms with van der Waals surface area (Å²) in [5.41, 5.74) is 2.17. The highest BCUT2D eigenvalue weighted by atomic mass is 35.5. The first-order chi connectivity index (χ1) is 7.22. The first-order valence-electron chi connectivity index (χ1n) is 5.04. The Balaban J connectivity index is 2.44. The van der Waals surface area contributed by atoms with Crippen molar-refractivity contribution in [2.75, 3.05) is 19.5 Å². The van der Waals surface area contributed by atoms with Gasteiger partial charge in [0.05, 0.1) is 5.69 Å². The number of allylic oxidation sites excluding steroid dienone is 1. The van der Waals surface area contributed by atoms with Crippen LogP contribution in [0.15, 0.2) is 30.4 Å². The minimum absolute atomic E-state index is 0.580. The van der Waals surface area contributed by atoms with Crippen LogP contribution in [0.25, 0.3) is 0 Å². The van der Waals surface area contributed by atoms with Crippen molar-refractivity contribution < 1.29 is 0 Å². The van der Waals surface area contributed by atoms with Gasteiger partial charge in [0.1, 0.15) is 0 Å². The van der Waals surface area contributed by atoms with E-state index in [0.717, 1.165) is 24.5 Å². The van der Waals surface area contributed by atoms with Gasteiger partial charge in [0.25, 0.3) is 0 Å². The SMILES string of the molecule is Cc1cccc(CN(C)CC=CCCl)n1. The molecule has 1 rings (SSSR count). The second-order valence-corrected chi connectivity index (χ2v) is 3.90. The Morgan fingerprint density at radius 3 is 2.87 bits per heavy atom. The summed E-state index contributed by atoms with van der Waals surface area (Å²) >= 11 is 5.55. The van der Waals surface area contributed by atoms with Gasteiger partial charge in [-0.3, -0.25) is 9.88 Å². The Morgan fingerprint density at radius 2 is 2.20 bits per heavy atom. The molecule has 0 radical (unpaired) electrons. The van der Waals surface area contributed by atoms with Crippen LogP contribution >= 0.6 is 11.6 Å². The number of likely N-dealkylation sites (N-methyl/N-ethyl adjacent to an activating group) is 1. The summed E-state index contributed by atoms with van der Waals surface area (Å²) in [7, 11) is 2.07. The van der Waals surface area contributed by atoms with Crippen LogP contribution in [-0.4, -0.2) is 29.4 Å². The summed E-state index contributed by atoms with van der Waals surface area (Å²) in [6, 6.07) is 6.10. The Morgan fingerprint density at radius 1 is 1.40 bits per heavy atom. The van der Waals surface area contributed by atoms with Gasteiger partial charge in [-0.2, -0.15) is 0 Å². The van der Waals surface area contributed by atoms with Crippen LogP contribution in [0.5, 0.6) is 0 Å². The minimum atomic E-state index is 0.580. The molecule has 0 aliphatic heterocycles. The Bertz CT molecular complexity index is 323. The molecule has 82 valence electrons. The highest BCUT2D eigenvalue weighted by Gasteiger charge is 1.99. The van der Waals surface area contributed by atoms with Crippen LogP contribution in [0.3, 0.4) is 0 Å². The molecule has 0 aromatic carbocycles. The third kappa shape index (κ3) is 4.96. The van der Waals surface area contributed by atoms with Gasteiger partial charge in [-0.25, -0.2) is 0 Å². The predicted molar refractivity (Wildman–Crippen MR) is 65.2 cm³/mol. The molecule has 0 aliphatic rings. The van der Waals surface area contributed by atoms with Crippen molar-refractivity contribution in [2.24, 2.45) is 0 Å². The first-order valence-corrected chi connectivity index (χ1v) is 5.58. The number of hydrogen-bond acceptors (Lipinski definition) is 2. The Kier molecular flexibility index (Phi) is 5.37. The molecule has 2 nitrogen and oxygen atoms in total. The van der Waals surface area contributed by atoms with E-state index >= 15 is 0 Å². The van der Waals surface area contributed by atoms with Crippen molar-refractivity contribution >= 4 is 11.6 Å². The minimum Gasteiger partial charge on any atom is -0.297 e. The molecule has 0 amide bonds. The van der Waals surface area contributed by atoms with Crippen LogP contribution < -0.4 is 0 Å². The number of rotatable bonds is 5. The molecule has 1 aromatic heterocycles. The van der Waals surface area contributed by atoms with Gasteiger partial charge >= 0.3 is 0 Å². The predicted octanol–water partition coefficient (Wildman–Crippen LogP) is 2.62. The summed E-state index contributed by atoms with van der Waals surface area (Å²) in [4.78, 5) is 6.65. The lowest BCUT2D eigenvalue weighted by Gasteiger charge is -2.13. The summed E-state index contributed by atoms with van der Waals surface area (Å²) in [5, 5.41) is 0. The van der Waals surface area contributed by atoms with E-state index in [1.165, 1.54) is 0 Å². The summed E-state index contributed by atoms with van der Waals surface area (Å²) in [5.74, 6) is 0.580. The summed E-state index contributed by atoms with van der Waals surface area (Å²) in [6.45, 7) is 3.79. The zero-order chi connectivity index (χ0) is 11.1. The topological polar surface area (TPSA) is 16.1 Å². The lowest BCUT2D eigenvalue weighted by atomic mass is 10.3. The van der Waals surface area contributed by atoms with Crippen LogP contribution in [0.2, 0.25) is 0 Å². The number of halogens is 1. The normalized spacial score (nSPS) is 11.5. The summed E-state index contributed by atoms with van der Waals surface area (Å²) < 4.78 is 0. The fraction of sp³-hybridized carbons (Fsp3) is 0.417. The standard InChI is InChI=1S/C12H17ClN2/c1-11-6-5-7-12(14-11)10-15(2)9-4-3-8-13/h3-7H,8-10H2,1-2H3. The van der Waals surface area contributed by atoms with Gasteiger partial charge in [-0.15, -0.1) is 11.6 Å². The monoisotopic (exact) mass is 224 g/mol. The quantitative estimate of drug-likeness (QED) is 0.565. The molecule has 0 unspecified atom stereocenters. The zero-order valence-electron chi connectivity index (χ0n) is 9.28. The molecule has 1 heterocycles. The smallest absolute Gasteiger partial charge is 0.0547 e. The second-order valence-electron chi connectivity index (χ2n) is 3.59. The molecule has 0 atom stereocenters. The molecule has 1 aromatic rings. The number of nitrogens with zero attached hydrogens (tertiary/aromatic N) is 2. The van der Waals surface area contributed by atoms with E-state index in [1.54, 1.807) is 0 Å². The van der Waals surface area contributed by atoms with Gasteiger partial charge in [-0.1, -0.05) is 18.2 Å². The lowest BCUT2D eigenvalue weighted by Crippen LogP contribution is -2.18. The van der Waals surface area contributed by atoms with E-state index in [9.17, 15) is 0 Å². The molecule has 0 saturated carbocycles. The molecule has 3 heteroatoms. The Hall–Kier alpha value is -0.860. The number of alkyl halides is 1. The molecule has 0 aliphatic carbocycles. The Labute approximate surface area is 96.6 Å². The molecular weight excluding hydrogens is 208 g/mol. The van der Waals surface area contributed by atoms with Gasteiger partial charge in [0.2, 0.25) is 0 Å². The van der Waals surface area contributed by atoms with E-state index in [2.05, 4.69) is 29.1 Å². The van der Waals surface area contributed by atoms with Crippen molar-refractivity contribution in [3.05, 3.63) is 41.7 Å². The average Bonchev–Trinajstić information content (AvgIpc) is 2.18. The summed E-state index contributed by atoms with van der Waals surface area (Å²) in [6.07, 6.45) is 4.03. The number of aryl methyl sites for hydroxylation is 1. The molecule has 0 N–H and O–H groups in total. The van der Waals surface area contributed by atoms with E-state index in [1.807, 2.05) is 25.1 Å². The maximum Gasteiger partial charge on any atom is 0.0547 e. The maximum atomic E-state index is 5.55. The number of pyridine rings is 1. The maximum absolute atomic E-state index is 5.55. The van der Waals surface area contributed by atoms with E-state index in [-0.39, 0.29) is 0 Å². The van der Waals surface area contributed by atoms with Crippen LogP contribution in [0, 0.1) is 6.92 Å². The highest BCUT2D eigenvalue weighted by molar-refractivity contribution is 6.18. The van der Waals surface area contributed by atoms with Gasteiger partial charge in [0.15, 0.2) is 0 Å². The van der Waals surface area contributed by atoms with Crippen molar-refractivity contribution in [3.8, 4) is 0 Å². The number of hydrogen-bond donors (Lipinski definition) is 0. The van der Waals surface area contributed by atoms with Crippen molar-refractivity contribution in [3.63, 3.8) is 0 Å². The zero-order valence-corrected chi connectivity index (χ0v) is 10.0.